The summed E-state index contributed by atoms with van der Waals surface area (Å²) in [6.45, 7) is 2.83. The molecule has 0 fully saturated rings. The van der Waals surface area contributed by atoms with Crippen molar-refractivity contribution in [2.75, 3.05) is 13.2 Å². The minimum atomic E-state index is 0.156. The quantitative estimate of drug-likeness (QED) is 0.802. The summed E-state index contributed by atoms with van der Waals surface area (Å²) in [5.74, 6) is 0.855. The van der Waals surface area contributed by atoms with Crippen molar-refractivity contribution in [3.63, 3.8) is 0 Å². The summed E-state index contributed by atoms with van der Waals surface area (Å²) < 4.78 is 5.62. The number of rotatable bonds is 6. The van der Waals surface area contributed by atoms with Crippen molar-refractivity contribution in [2.24, 2.45) is 0 Å². The molecule has 2 nitrogen and oxygen atoms in total. The van der Waals surface area contributed by atoms with E-state index in [1.807, 2.05) is 30.3 Å². The van der Waals surface area contributed by atoms with Crippen LogP contribution in [0.2, 0.25) is 5.02 Å². The summed E-state index contributed by atoms with van der Waals surface area (Å²) in [5, 5.41) is 9.52. The average Bonchev–Trinajstić information content (AvgIpc) is 2.48. The van der Waals surface area contributed by atoms with Crippen LogP contribution in [0.4, 0.5) is 0 Å². The summed E-state index contributed by atoms with van der Waals surface area (Å²) in [4.78, 5) is 0. The smallest absolute Gasteiger partial charge is 0.119 e. The van der Waals surface area contributed by atoms with E-state index in [2.05, 4.69) is 19.1 Å². The molecule has 0 saturated carbocycles. The molecule has 0 heterocycles. The third kappa shape index (κ3) is 3.75. The van der Waals surface area contributed by atoms with Crippen LogP contribution in [0.3, 0.4) is 0 Å². The molecule has 0 bridgehead atoms. The van der Waals surface area contributed by atoms with E-state index in [1.54, 1.807) is 0 Å². The predicted molar refractivity (Wildman–Crippen MR) is 83.5 cm³/mol. The van der Waals surface area contributed by atoms with E-state index in [0.29, 0.717) is 13.0 Å². The van der Waals surface area contributed by atoms with E-state index in [-0.39, 0.29) is 6.61 Å². The summed E-state index contributed by atoms with van der Waals surface area (Å²) in [6.07, 6.45) is 1.59. The highest BCUT2D eigenvalue weighted by molar-refractivity contribution is 6.30. The molecule has 0 aromatic heterocycles. The van der Waals surface area contributed by atoms with Crippen molar-refractivity contribution in [2.45, 2.75) is 19.8 Å². The molecule has 0 unspecified atom stereocenters. The van der Waals surface area contributed by atoms with Crippen molar-refractivity contribution in [3.8, 4) is 16.9 Å². The highest BCUT2D eigenvalue weighted by Gasteiger charge is 2.06. The Morgan fingerprint density at radius 3 is 2.50 bits per heavy atom. The lowest BCUT2D eigenvalue weighted by Crippen LogP contribution is -2.00. The van der Waals surface area contributed by atoms with Gasteiger partial charge in [-0.15, -0.1) is 0 Å². The van der Waals surface area contributed by atoms with Crippen molar-refractivity contribution < 1.29 is 9.84 Å². The van der Waals surface area contributed by atoms with E-state index >= 15 is 0 Å². The van der Waals surface area contributed by atoms with Gasteiger partial charge in [0.2, 0.25) is 0 Å². The first kappa shape index (κ1) is 14.9. The minimum Gasteiger partial charge on any atom is -0.493 e. The number of ether oxygens (including phenoxy) is 1. The second-order valence-corrected chi connectivity index (χ2v) is 5.04. The monoisotopic (exact) mass is 290 g/mol. The van der Waals surface area contributed by atoms with Gasteiger partial charge in [-0.3, -0.25) is 0 Å². The van der Waals surface area contributed by atoms with Gasteiger partial charge in [0.15, 0.2) is 0 Å². The number of hydrogen-bond acceptors (Lipinski definition) is 2. The van der Waals surface area contributed by atoms with Gasteiger partial charge in [-0.2, -0.15) is 0 Å². The van der Waals surface area contributed by atoms with Crippen molar-refractivity contribution in [1.82, 2.24) is 0 Å². The molecule has 0 atom stereocenters. The summed E-state index contributed by atoms with van der Waals surface area (Å²) in [5.41, 5.74) is 3.61. The van der Waals surface area contributed by atoms with Crippen LogP contribution < -0.4 is 4.74 Å². The molecular weight excluding hydrogens is 272 g/mol. The Morgan fingerprint density at radius 1 is 1.10 bits per heavy atom. The van der Waals surface area contributed by atoms with Crippen LogP contribution in [-0.2, 0) is 6.42 Å². The molecule has 0 aliphatic carbocycles. The zero-order valence-electron chi connectivity index (χ0n) is 11.6. The first-order valence-electron chi connectivity index (χ1n) is 6.87. The third-order valence-corrected chi connectivity index (χ3v) is 3.44. The molecular formula is C17H19ClO2. The van der Waals surface area contributed by atoms with Crippen molar-refractivity contribution in [3.05, 3.63) is 53.1 Å². The van der Waals surface area contributed by atoms with E-state index in [9.17, 15) is 0 Å². The number of aliphatic hydroxyl groups excluding tert-OH is 1. The van der Waals surface area contributed by atoms with Gasteiger partial charge in [0.25, 0.3) is 0 Å². The maximum absolute atomic E-state index is 8.77. The van der Waals surface area contributed by atoms with E-state index < -0.39 is 0 Å². The number of halogens is 1. The first-order chi connectivity index (χ1) is 9.74. The Bertz CT molecular complexity index is 549. The molecule has 0 aliphatic heterocycles. The van der Waals surface area contributed by atoms with E-state index in [0.717, 1.165) is 22.8 Å². The van der Waals surface area contributed by atoms with Gasteiger partial charge in [0.1, 0.15) is 5.75 Å². The number of hydrogen-bond donors (Lipinski definition) is 1. The van der Waals surface area contributed by atoms with E-state index in [1.165, 1.54) is 11.1 Å². The topological polar surface area (TPSA) is 29.5 Å². The van der Waals surface area contributed by atoms with Crippen LogP contribution in [-0.4, -0.2) is 18.3 Å². The fraction of sp³-hybridized carbons (Fsp3) is 0.294. The Labute approximate surface area is 125 Å². The third-order valence-electron chi connectivity index (χ3n) is 3.18. The van der Waals surface area contributed by atoms with Crippen LogP contribution in [0, 0.1) is 0 Å². The number of benzene rings is 2. The molecule has 0 aliphatic rings. The Kier molecular flexibility index (Phi) is 5.45. The normalized spacial score (nSPS) is 10.6. The van der Waals surface area contributed by atoms with Gasteiger partial charge in [-0.25, -0.2) is 0 Å². The summed E-state index contributed by atoms with van der Waals surface area (Å²) in [6, 6.07) is 14.0. The van der Waals surface area contributed by atoms with Crippen LogP contribution in [0.25, 0.3) is 11.1 Å². The number of aryl methyl sites for hydroxylation is 1. The van der Waals surface area contributed by atoms with Gasteiger partial charge < -0.3 is 9.84 Å². The van der Waals surface area contributed by atoms with Crippen LogP contribution in [0.15, 0.2) is 42.5 Å². The Hall–Kier alpha value is -1.51. The molecule has 0 radical (unpaired) electrons. The molecule has 20 heavy (non-hydrogen) atoms. The SMILES string of the molecule is CCc1cc(OCCCO)ccc1-c1ccc(Cl)cc1. The fourth-order valence-corrected chi connectivity index (χ4v) is 2.24. The maximum atomic E-state index is 8.77. The molecule has 0 saturated heterocycles. The molecule has 106 valence electrons. The lowest BCUT2D eigenvalue weighted by molar-refractivity contribution is 0.233. The molecule has 0 amide bonds. The summed E-state index contributed by atoms with van der Waals surface area (Å²) >= 11 is 5.93. The molecule has 1 N–H and O–H groups in total. The van der Waals surface area contributed by atoms with Gasteiger partial charge in [0, 0.05) is 18.1 Å². The highest BCUT2D eigenvalue weighted by atomic mass is 35.5. The standard InChI is InChI=1S/C17H19ClO2/c1-2-13-12-16(20-11-3-10-19)8-9-17(13)14-4-6-15(18)7-5-14/h4-9,12,19H,2-3,10-11H2,1H3. The van der Waals surface area contributed by atoms with Crippen LogP contribution in [0.5, 0.6) is 5.75 Å². The second kappa shape index (κ2) is 7.32. The predicted octanol–water partition coefficient (Wildman–Crippen LogP) is 4.33. The number of aliphatic hydroxyl groups is 1. The zero-order chi connectivity index (χ0) is 14.4. The molecule has 0 spiro atoms. The first-order valence-corrected chi connectivity index (χ1v) is 7.25. The summed E-state index contributed by atoms with van der Waals surface area (Å²) in [7, 11) is 0. The zero-order valence-corrected chi connectivity index (χ0v) is 12.4. The van der Waals surface area contributed by atoms with Gasteiger partial charge in [-0.05, 0) is 47.4 Å². The Morgan fingerprint density at radius 2 is 1.85 bits per heavy atom. The van der Waals surface area contributed by atoms with Gasteiger partial charge in [0.05, 0.1) is 6.61 Å². The Balaban J connectivity index is 2.23. The average molecular weight is 291 g/mol. The second-order valence-electron chi connectivity index (χ2n) is 4.61. The molecule has 2 aromatic rings. The van der Waals surface area contributed by atoms with Gasteiger partial charge >= 0.3 is 0 Å². The molecule has 2 aromatic carbocycles. The fourth-order valence-electron chi connectivity index (χ4n) is 2.12. The largest absolute Gasteiger partial charge is 0.493 e. The minimum absolute atomic E-state index is 0.156. The van der Waals surface area contributed by atoms with E-state index in [4.69, 9.17) is 21.4 Å². The lowest BCUT2D eigenvalue weighted by atomic mass is 9.98. The van der Waals surface area contributed by atoms with Gasteiger partial charge in [-0.1, -0.05) is 36.7 Å². The van der Waals surface area contributed by atoms with Crippen LogP contribution >= 0.6 is 11.6 Å². The highest BCUT2D eigenvalue weighted by Crippen LogP contribution is 2.28. The van der Waals surface area contributed by atoms with Crippen molar-refractivity contribution in [1.29, 1.82) is 0 Å². The molecule has 3 heteroatoms. The van der Waals surface area contributed by atoms with Crippen LogP contribution in [0.1, 0.15) is 18.9 Å². The van der Waals surface area contributed by atoms with Crippen molar-refractivity contribution >= 4 is 11.6 Å². The maximum Gasteiger partial charge on any atom is 0.119 e. The lowest BCUT2D eigenvalue weighted by Gasteiger charge is -2.12. The molecule has 2 rings (SSSR count).